The molecular weight excluding hydrogens is 414 g/mol. The van der Waals surface area contributed by atoms with Crippen LogP contribution in [0.2, 0.25) is 0 Å². The maximum absolute atomic E-state index is 12.4. The number of nitrogens with zero attached hydrogens (tertiary/aromatic N) is 3. The highest BCUT2D eigenvalue weighted by Crippen LogP contribution is 2.33. The second-order valence-corrected chi connectivity index (χ2v) is 10.3. The number of fused-ring (bicyclic) bond motifs is 1. The van der Waals surface area contributed by atoms with E-state index < -0.39 is 0 Å². The number of aromatic hydroxyl groups is 1. The van der Waals surface area contributed by atoms with E-state index in [0.717, 1.165) is 29.4 Å². The minimum Gasteiger partial charge on any atom is -0.506 e. The number of aromatic nitrogens is 3. The Bertz CT molecular complexity index is 1030. The molecule has 0 aliphatic heterocycles. The molecule has 0 saturated carbocycles. The standard InChI is InChI=1S/C27H37N3O3/c1-19(2)10-13-21(27(3,4)5)16-17-33-26(32)15-12-20-11-14-25(31)24(18-20)30-28-22-8-6-7-9-23(22)29-30/h6-9,11,14,18-19,21,31H,10,12-13,15-17H2,1-5H3. The lowest BCUT2D eigenvalue weighted by Gasteiger charge is -2.31. The van der Waals surface area contributed by atoms with Crippen LogP contribution in [0.5, 0.6) is 5.75 Å². The molecule has 0 amide bonds. The zero-order chi connectivity index (χ0) is 24.0. The zero-order valence-corrected chi connectivity index (χ0v) is 20.5. The Morgan fingerprint density at radius 1 is 1.03 bits per heavy atom. The van der Waals surface area contributed by atoms with Gasteiger partial charge >= 0.3 is 5.97 Å². The van der Waals surface area contributed by atoms with E-state index in [1.807, 2.05) is 36.4 Å². The number of benzene rings is 2. The summed E-state index contributed by atoms with van der Waals surface area (Å²) in [7, 11) is 0. The van der Waals surface area contributed by atoms with Crippen LogP contribution in [-0.4, -0.2) is 32.7 Å². The van der Waals surface area contributed by atoms with E-state index in [-0.39, 0.29) is 17.1 Å². The molecule has 1 N–H and O–H groups in total. The summed E-state index contributed by atoms with van der Waals surface area (Å²) in [5, 5.41) is 19.2. The fourth-order valence-corrected chi connectivity index (χ4v) is 4.03. The van der Waals surface area contributed by atoms with Crippen LogP contribution in [0.15, 0.2) is 42.5 Å². The van der Waals surface area contributed by atoms with Gasteiger partial charge in [-0.2, -0.15) is 0 Å². The first-order chi connectivity index (χ1) is 15.6. The van der Waals surface area contributed by atoms with Crippen LogP contribution >= 0.6 is 0 Å². The van der Waals surface area contributed by atoms with Crippen molar-refractivity contribution in [2.75, 3.05) is 6.61 Å². The summed E-state index contributed by atoms with van der Waals surface area (Å²) in [6, 6.07) is 12.8. The van der Waals surface area contributed by atoms with Gasteiger partial charge in [-0.25, -0.2) is 0 Å². The Labute approximate surface area is 197 Å². The number of aryl methyl sites for hydroxylation is 1. The molecule has 0 aliphatic carbocycles. The Hall–Kier alpha value is -2.89. The quantitative estimate of drug-likeness (QED) is 0.377. The molecule has 1 unspecified atom stereocenters. The largest absolute Gasteiger partial charge is 0.506 e. The molecule has 0 bridgehead atoms. The third-order valence-electron chi connectivity index (χ3n) is 6.21. The number of rotatable bonds is 10. The molecule has 3 aromatic rings. The van der Waals surface area contributed by atoms with Crippen LogP contribution in [0.4, 0.5) is 0 Å². The van der Waals surface area contributed by atoms with Crippen molar-refractivity contribution in [2.24, 2.45) is 17.3 Å². The summed E-state index contributed by atoms with van der Waals surface area (Å²) in [6.07, 6.45) is 4.07. The first kappa shape index (κ1) is 24.7. The lowest BCUT2D eigenvalue weighted by molar-refractivity contribution is -0.144. The van der Waals surface area contributed by atoms with Crippen LogP contribution in [-0.2, 0) is 16.0 Å². The maximum atomic E-state index is 12.4. The number of carbonyl (C=O) groups excluding carboxylic acids is 1. The van der Waals surface area contributed by atoms with Crippen LogP contribution in [0.3, 0.4) is 0 Å². The summed E-state index contributed by atoms with van der Waals surface area (Å²) >= 11 is 0. The minimum absolute atomic E-state index is 0.0938. The fourth-order valence-electron chi connectivity index (χ4n) is 4.03. The molecule has 0 aliphatic rings. The van der Waals surface area contributed by atoms with Gasteiger partial charge in [0, 0.05) is 6.42 Å². The van der Waals surface area contributed by atoms with Gasteiger partial charge in [0.05, 0.1) is 6.61 Å². The topological polar surface area (TPSA) is 77.2 Å². The predicted molar refractivity (Wildman–Crippen MR) is 131 cm³/mol. The molecule has 0 saturated heterocycles. The SMILES string of the molecule is CC(C)CCC(CCOC(=O)CCc1ccc(O)c(-n2nc3ccccc3n2)c1)C(C)(C)C. The molecule has 1 heterocycles. The highest BCUT2D eigenvalue weighted by molar-refractivity contribution is 5.73. The number of ether oxygens (including phenoxy) is 1. The van der Waals surface area contributed by atoms with Crippen LogP contribution in [0.1, 0.15) is 65.9 Å². The van der Waals surface area contributed by atoms with E-state index >= 15 is 0 Å². The summed E-state index contributed by atoms with van der Waals surface area (Å²) in [6.45, 7) is 11.8. The normalized spacial score (nSPS) is 12.9. The molecular formula is C27H37N3O3. The van der Waals surface area contributed by atoms with Crippen molar-refractivity contribution in [3.63, 3.8) is 0 Å². The van der Waals surface area contributed by atoms with Crippen LogP contribution < -0.4 is 0 Å². The lowest BCUT2D eigenvalue weighted by atomic mass is 9.75. The number of hydrogen-bond acceptors (Lipinski definition) is 5. The zero-order valence-electron chi connectivity index (χ0n) is 20.5. The first-order valence-electron chi connectivity index (χ1n) is 11.9. The lowest BCUT2D eigenvalue weighted by Crippen LogP contribution is -2.23. The Morgan fingerprint density at radius 2 is 1.70 bits per heavy atom. The number of carbonyl (C=O) groups is 1. The van der Waals surface area contributed by atoms with Crippen LogP contribution in [0, 0.1) is 17.3 Å². The maximum Gasteiger partial charge on any atom is 0.306 e. The van der Waals surface area contributed by atoms with Crippen molar-refractivity contribution >= 4 is 17.0 Å². The van der Waals surface area contributed by atoms with Gasteiger partial charge in [0.25, 0.3) is 0 Å². The van der Waals surface area contributed by atoms with E-state index in [1.54, 1.807) is 6.07 Å². The molecule has 0 fully saturated rings. The molecule has 3 rings (SSSR count). The van der Waals surface area contributed by atoms with E-state index in [0.29, 0.717) is 37.0 Å². The summed E-state index contributed by atoms with van der Waals surface area (Å²) in [4.78, 5) is 13.8. The smallest absolute Gasteiger partial charge is 0.306 e. The fraction of sp³-hybridized carbons (Fsp3) is 0.519. The highest BCUT2D eigenvalue weighted by atomic mass is 16.5. The molecule has 0 radical (unpaired) electrons. The third-order valence-corrected chi connectivity index (χ3v) is 6.21. The van der Waals surface area contributed by atoms with Crippen LogP contribution in [0.25, 0.3) is 16.7 Å². The number of phenolic OH excluding ortho intramolecular Hbond substituents is 1. The molecule has 6 heteroatoms. The van der Waals surface area contributed by atoms with Crippen molar-refractivity contribution in [3.8, 4) is 11.4 Å². The first-order valence-corrected chi connectivity index (χ1v) is 11.9. The minimum atomic E-state index is -0.191. The van der Waals surface area contributed by atoms with Gasteiger partial charge in [0.1, 0.15) is 22.5 Å². The van der Waals surface area contributed by atoms with Gasteiger partial charge in [0.15, 0.2) is 0 Å². The van der Waals surface area contributed by atoms with Gasteiger partial charge in [-0.1, -0.05) is 59.2 Å². The molecule has 0 spiro atoms. The molecule has 6 nitrogen and oxygen atoms in total. The van der Waals surface area contributed by atoms with Gasteiger partial charge in [0.2, 0.25) is 0 Å². The van der Waals surface area contributed by atoms with Gasteiger partial charge < -0.3 is 9.84 Å². The molecule has 2 aromatic carbocycles. The Morgan fingerprint density at radius 3 is 2.30 bits per heavy atom. The van der Waals surface area contributed by atoms with Crippen molar-refractivity contribution in [1.29, 1.82) is 0 Å². The van der Waals surface area contributed by atoms with Crippen molar-refractivity contribution in [1.82, 2.24) is 15.0 Å². The summed E-state index contributed by atoms with van der Waals surface area (Å²) in [5.41, 5.74) is 3.14. The monoisotopic (exact) mass is 451 g/mol. The van der Waals surface area contributed by atoms with Gasteiger partial charge in [-0.3, -0.25) is 4.79 Å². The second-order valence-electron chi connectivity index (χ2n) is 10.3. The highest BCUT2D eigenvalue weighted by Gasteiger charge is 2.24. The molecule has 1 atom stereocenters. The number of phenols is 1. The van der Waals surface area contributed by atoms with E-state index in [2.05, 4.69) is 44.8 Å². The second kappa shape index (κ2) is 10.8. The predicted octanol–water partition coefficient (Wildman–Crippen LogP) is 6.09. The van der Waals surface area contributed by atoms with Crippen molar-refractivity contribution in [3.05, 3.63) is 48.0 Å². The Balaban J connectivity index is 1.54. The Kier molecular flexibility index (Phi) is 8.11. The van der Waals surface area contributed by atoms with Gasteiger partial charge in [-0.15, -0.1) is 15.0 Å². The molecule has 178 valence electrons. The summed E-state index contributed by atoms with van der Waals surface area (Å²) in [5.74, 6) is 1.12. The number of hydrogen-bond donors (Lipinski definition) is 1. The van der Waals surface area contributed by atoms with E-state index in [1.165, 1.54) is 11.2 Å². The van der Waals surface area contributed by atoms with E-state index in [9.17, 15) is 9.90 Å². The average Bonchev–Trinajstić information content (AvgIpc) is 3.18. The molecule has 33 heavy (non-hydrogen) atoms. The average molecular weight is 452 g/mol. The van der Waals surface area contributed by atoms with Gasteiger partial charge in [-0.05, 0) is 66.3 Å². The summed E-state index contributed by atoms with van der Waals surface area (Å²) < 4.78 is 5.56. The number of esters is 1. The molecule has 1 aromatic heterocycles. The third kappa shape index (κ3) is 7.04. The van der Waals surface area contributed by atoms with Crippen molar-refractivity contribution < 1.29 is 14.6 Å². The van der Waals surface area contributed by atoms with Crippen molar-refractivity contribution in [2.45, 2.75) is 66.7 Å². The van der Waals surface area contributed by atoms with E-state index in [4.69, 9.17) is 4.74 Å².